The fourth-order valence-corrected chi connectivity index (χ4v) is 4.01. The number of benzene rings is 2. The van der Waals surface area contributed by atoms with Gasteiger partial charge in [0, 0.05) is 38.2 Å². The van der Waals surface area contributed by atoms with Gasteiger partial charge >= 0.3 is 59.1 Å². The van der Waals surface area contributed by atoms with E-state index in [2.05, 4.69) is 9.51 Å². The predicted molar refractivity (Wildman–Crippen MR) is 111 cm³/mol. The van der Waals surface area contributed by atoms with Crippen LogP contribution in [0.3, 0.4) is 0 Å². The van der Waals surface area contributed by atoms with Crippen LogP contribution in [0.2, 0.25) is 0 Å². The number of hydrogen-bond donors (Lipinski definition) is 0. The molecule has 1 atom stereocenters. The van der Waals surface area contributed by atoms with Gasteiger partial charge in [-0.2, -0.15) is 0 Å². The summed E-state index contributed by atoms with van der Waals surface area (Å²) in [4.78, 5) is 40.4. The van der Waals surface area contributed by atoms with Gasteiger partial charge in [0.05, 0.1) is 25.5 Å². The first-order valence-corrected chi connectivity index (χ1v) is 11.6. The maximum atomic E-state index is 14.6. The van der Waals surface area contributed by atoms with Crippen LogP contribution in [0.1, 0.15) is 34.3 Å². The van der Waals surface area contributed by atoms with Crippen LogP contribution in [-0.4, -0.2) is 41.1 Å². The molecule has 1 amide bonds. The number of carbonyl (C=O) groups is 1. The van der Waals surface area contributed by atoms with Crippen LogP contribution in [0.25, 0.3) is 11.0 Å². The molecule has 0 radical (unpaired) electrons. The quantitative estimate of drug-likeness (QED) is 0.229. The molecule has 1 aromatic heterocycles. The first-order valence-electron chi connectivity index (χ1n) is 10.1. The van der Waals surface area contributed by atoms with Crippen LogP contribution in [0, 0.1) is 18.6 Å². The Morgan fingerprint density at radius 2 is 1.94 bits per heavy atom. The van der Waals surface area contributed by atoms with Gasteiger partial charge in [-0.1, -0.05) is 0 Å². The third-order valence-corrected chi connectivity index (χ3v) is 5.72. The van der Waals surface area contributed by atoms with Crippen molar-refractivity contribution in [2.24, 2.45) is 0 Å². The molecular formula is C21H20F2N3Na2O7P. The zero-order chi connectivity index (χ0) is 24.8. The number of imidazole rings is 1. The van der Waals surface area contributed by atoms with Gasteiger partial charge in [-0.3, -0.25) is 4.79 Å². The topological polar surface area (TPSA) is 129 Å². The van der Waals surface area contributed by atoms with Crippen LogP contribution in [0.4, 0.5) is 8.78 Å². The SMILES string of the molecule is Cc1nc2c(O[C@H]3CCOc4cc(F)cc(F)c43)cc(C(=O)N(C)C)cc2n1COP(=O)([O-])[O-].[Na+].[Na+]. The zero-order valence-electron chi connectivity index (χ0n) is 20.4. The van der Waals surface area contributed by atoms with E-state index in [1.807, 2.05) is 0 Å². The molecule has 0 saturated carbocycles. The standard InChI is InChI=1S/C21H22F2N3O7P.2Na/c1-11-24-20-15(26(11)10-32-34(28,29)30)6-12(21(27)25(2)3)7-18(20)33-16-4-5-31-17-9-13(22)8-14(23)19(16)17;;/h6-9,16H,4-5,10H2,1-3H3,(H2,28,29,30);;/q;2*+1/p-2/t16-;;/m0../s1. The Labute approximate surface area is 249 Å². The van der Waals surface area contributed by atoms with Crippen LogP contribution in [0.5, 0.6) is 11.5 Å². The molecule has 0 aliphatic carbocycles. The van der Waals surface area contributed by atoms with Crippen molar-refractivity contribution < 1.29 is 101 Å². The fraction of sp³-hybridized carbons (Fsp3) is 0.333. The summed E-state index contributed by atoms with van der Waals surface area (Å²) in [7, 11) is -2.19. The smallest absolute Gasteiger partial charge is 0.790 e. The van der Waals surface area contributed by atoms with E-state index < -0.39 is 38.2 Å². The van der Waals surface area contributed by atoms with Crippen molar-refractivity contribution in [3.05, 3.63) is 52.9 Å². The Morgan fingerprint density at radius 1 is 1.25 bits per heavy atom. The van der Waals surface area contributed by atoms with E-state index in [1.165, 1.54) is 21.6 Å². The number of halogens is 2. The van der Waals surface area contributed by atoms with E-state index in [4.69, 9.17) is 9.47 Å². The fourth-order valence-electron chi connectivity index (χ4n) is 3.76. The molecule has 0 bridgehead atoms. The summed E-state index contributed by atoms with van der Waals surface area (Å²) >= 11 is 0. The molecule has 15 heteroatoms. The first-order chi connectivity index (χ1) is 15.9. The summed E-state index contributed by atoms with van der Waals surface area (Å²) in [6, 6.07) is 4.69. The number of phosphoric ester groups is 1. The summed E-state index contributed by atoms with van der Waals surface area (Å²) < 4.78 is 56.4. The van der Waals surface area contributed by atoms with E-state index in [9.17, 15) is 27.9 Å². The summed E-state index contributed by atoms with van der Waals surface area (Å²) in [6.07, 6.45) is -0.635. The van der Waals surface area contributed by atoms with Gasteiger partial charge in [0.1, 0.15) is 47.3 Å². The normalized spacial score (nSPS) is 14.8. The van der Waals surface area contributed by atoms with Crippen molar-refractivity contribution in [1.29, 1.82) is 0 Å². The zero-order valence-corrected chi connectivity index (χ0v) is 25.3. The Bertz CT molecular complexity index is 1330. The number of aryl methyl sites for hydroxylation is 1. The summed E-state index contributed by atoms with van der Waals surface area (Å²) in [6.45, 7) is 1.04. The molecule has 182 valence electrons. The second kappa shape index (κ2) is 12.2. The number of amides is 1. The van der Waals surface area contributed by atoms with Gasteiger partial charge in [-0.05, 0) is 19.1 Å². The number of carbonyl (C=O) groups excluding carboxylic acids is 1. The monoisotopic (exact) mass is 541 g/mol. The number of ether oxygens (including phenoxy) is 2. The van der Waals surface area contributed by atoms with E-state index in [-0.39, 0.29) is 112 Å². The van der Waals surface area contributed by atoms with Gasteiger partial charge in [0.15, 0.2) is 0 Å². The van der Waals surface area contributed by atoms with Crippen LogP contribution < -0.4 is 78.4 Å². The minimum Gasteiger partial charge on any atom is -0.790 e. The van der Waals surface area contributed by atoms with Crippen molar-refractivity contribution >= 4 is 24.8 Å². The molecule has 2 aromatic carbocycles. The van der Waals surface area contributed by atoms with E-state index in [0.717, 1.165) is 12.1 Å². The van der Waals surface area contributed by atoms with Gasteiger partial charge in [0.25, 0.3) is 5.91 Å². The van der Waals surface area contributed by atoms with Crippen molar-refractivity contribution in [2.45, 2.75) is 26.2 Å². The molecule has 3 aromatic rings. The Kier molecular flexibility index (Phi) is 10.6. The Hall–Kier alpha value is -1.05. The van der Waals surface area contributed by atoms with Crippen molar-refractivity contribution in [1.82, 2.24) is 14.5 Å². The largest absolute Gasteiger partial charge is 1.00 e. The Morgan fingerprint density at radius 3 is 2.58 bits per heavy atom. The number of hydrogen-bond acceptors (Lipinski definition) is 8. The molecule has 36 heavy (non-hydrogen) atoms. The summed E-state index contributed by atoms with van der Waals surface area (Å²) in [5.41, 5.74) is 0.704. The van der Waals surface area contributed by atoms with Crippen molar-refractivity contribution in [3.8, 4) is 11.5 Å². The average Bonchev–Trinajstić information content (AvgIpc) is 3.06. The number of aromatic nitrogens is 2. The molecule has 0 N–H and O–H groups in total. The van der Waals surface area contributed by atoms with E-state index in [1.54, 1.807) is 21.0 Å². The molecule has 1 aliphatic rings. The molecule has 10 nitrogen and oxygen atoms in total. The maximum absolute atomic E-state index is 14.6. The summed E-state index contributed by atoms with van der Waals surface area (Å²) in [5.74, 6) is -1.62. The molecular weight excluding hydrogens is 521 g/mol. The predicted octanol–water partition coefficient (Wildman–Crippen LogP) is -3.96. The third-order valence-electron chi connectivity index (χ3n) is 5.29. The van der Waals surface area contributed by atoms with Crippen LogP contribution in [-0.2, 0) is 15.8 Å². The number of rotatable bonds is 6. The molecule has 2 heterocycles. The van der Waals surface area contributed by atoms with Gasteiger partial charge in [-0.15, -0.1) is 0 Å². The van der Waals surface area contributed by atoms with Gasteiger partial charge in [-0.25, -0.2) is 13.8 Å². The van der Waals surface area contributed by atoms with Crippen LogP contribution >= 0.6 is 7.82 Å². The van der Waals surface area contributed by atoms with E-state index in [0.29, 0.717) is 0 Å². The first kappa shape index (κ1) is 31.2. The molecule has 4 rings (SSSR count). The number of phosphoric acid groups is 1. The Balaban J connectivity index is 0.00000228. The molecule has 0 spiro atoms. The average molecular weight is 541 g/mol. The van der Waals surface area contributed by atoms with Crippen molar-refractivity contribution in [3.63, 3.8) is 0 Å². The molecule has 0 fully saturated rings. The second-order valence-electron chi connectivity index (χ2n) is 7.88. The summed E-state index contributed by atoms with van der Waals surface area (Å²) in [5, 5.41) is 0. The van der Waals surface area contributed by atoms with E-state index >= 15 is 0 Å². The van der Waals surface area contributed by atoms with Gasteiger partial charge in [0.2, 0.25) is 0 Å². The minimum absolute atomic E-state index is 0. The molecule has 0 saturated heterocycles. The van der Waals surface area contributed by atoms with Crippen molar-refractivity contribution in [2.75, 3.05) is 20.7 Å². The second-order valence-corrected chi connectivity index (χ2v) is 9.03. The molecule has 1 aliphatic heterocycles. The number of nitrogens with zero attached hydrogens (tertiary/aromatic N) is 3. The molecule has 0 unspecified atom stereocenters. The minimum atomic E-state index is -5.28. The van der Waals surface area contributed by atoms with Gasteiger partial charge < -0.3 is 37.8 Å². The maximum Gasteiger partial charge on any atom is 1.00 e. The van der Waals surface area contributed by atoms with Crippen LogP contribution in [0.15, 0.2) is 24.3 Å². The third kappa shape index (κ3) is 6.68. The number of fused-ring (bicyclic) bond motifs is 2.